The summed E-state index contributed by atoms with van der Waals surface area (Å²) in [6.07, 6.45) is 3.07. The fourth-order valence-corrected chi connectivity index (χ4v) is 3.44. The number of carbonyl (C=O) groups is 1. The molecule has 5 nitrogen and oxygen atoms in total. The first-order chi connectivity index (χ1) is 10.6. The zero-order chi connectivity index (χ0) is 15.5. The predicted molar refractivity (Wildman–Crippen MR) is 83.2 cm³/mol. The lowest BCUT2D eigenvalue weighted by Gasteiger charge is -2.43. The minimum absolute atomic E-state index is 0.0208. The summed E-state index contributed by atoms with van der Waals surface area (Å²) in [6, 6.07) is 5.08. The number of nitrogens with zero attached hydrogens (tertiary/aromatic N) is 3. The zero-order valence-electron chi connectivity index (χ0n) is 13.0. The Morgan fingerprint density at radius 2 is 2.18 bits per heavy atom. The number of hydrogen-bond donors (Lipinski definition) is 1. The molecule has 3 heterocycles. The molecule has 2 aliphatic rings. The van der Waals surface area contributed by atoms with Crippen LogP contribution in [0.25, 0.3) is 0 Å². The van der Waals surface area contributed by atoms with E-state index in [9.17, 15) is 9.18 Å². The molecule has 1 amide bonds. The van der Waals surface area contributed by atoms with Crippen LogP contribution in [0, 0.1) is 5.95 Å². The van der Waals surface area contributed by atoms with E-state index < -0.39 is 5.95 Å². The van der Waals surface area contributed by atoms with E-state index in [1.54, 1.807) is 6.07 Å². The van der Waals surface area contributed by atoms with E-state index in [1.165, 1.54) is 6.07 Å². The van der Waals surface area contributed by atoms with Crippen molar-refractivity contribution in [1.29, 1.82) is 0 Å². The second-order valence-corrected chi connectivity index (χ2v) is 6.16. The van der Waals surface area contributed by atoms with Gasteiger partial charge in [0.05, 0.1) is 6.04 Å². The first-order valence-electron chi connectivity index (χ1n) is 8.06. The molecule has 0 aromatic carbocycles. The maximum absolute atomic E-state index is 13.3. The lowest BCUT2D eigenvalue weighted by molar-refractivity contribution is -0.126. The van der Waals surface area contributed by atoms with Crippen LogP contribution >= 0.6 is 0 Å². The molecule has 22 heavy (non-hydrogen) atoms. The highest BCUT2D eigenvalue weighted by molar-refractivity contribution is 5.82. The maximum atomic E-state index is 13.3. The SMILES string of the molecule is CC1CN(C2CCCCNC2=O)CCN1c1cccc(F)n1. The predicted octanol–water partition coefficient (Wildman–Crippen LogP) is 1.40. The van der Waals surface area contributed by atoms with Gasteiger partial charge in [0.1, 0.15) is 5.82 Å². The van der Waals surface area contributed by atoms with E-state index in [4.69, 9.17) is 0 Å². The van der Waals surface area contributed by atoms with Crippen LogP contribution in [-0.4, -0.2) is 54.1 Å². The average molecular weight is 306 g/mol. The Hall–Kier alpha value is -1.69. The topological polar surface area (TPSA) is 48.5 Å². The number of carbonyl (C=O) groups excluding carboxylic acids is 1. The number of rotatable bonds is 2. The smallest absolute Gasteiger partial charge is 0.237 e. The van der Waals surface area contributed by atoms with Crippen molar-refractivity contribution in [2.75, 3.05) is 31.1 Å². The Labute approximate surface area is 130 Å². The highest BCUT2D eigenvalue weighted by atomic mass is 19.1. The zero-order valence-corrected chi connectivity index (χ0v) is 13.0. The van der Waals surface area contributed by atoms with Crippen LogP contribution in [0.4, 0.5) is 10.2 Å². The summed E-state index contributed by atoms with van der Waals surface area (Å²) < 4.78 is 13.3. The number of pyridine rings is 1. The van der Waals surface area contributed by atoms with Crippen LogP contribution in [0.1, 0.15) is 26.2 Å². The van der Waals surface area contributed by atoms with E-state index in [2.05, 4.69) is 27.0 Å². The monoisotopic (exact) mass is 306 g/mol. The number of hydrogen-bond acceptors (Lipinski definition) is 4. The molecule has 0 aliphatic carbocycles. The third-order valence-corrected chi connectivity index (χ3v) is 4.60. The molecule has 0 bridgehead atoms. The lowest BCUT2D eigenvalue weighted by atomic mass is 10.1. The van der Waals surface area contributed by atoms with Crippen molar-refractivity contribution < 1.29 is 9.18 Å². The summed E-state index contributed by atoms with van der Waals surface area (Å²) in [5.41, 5.74) is 0. The van der Waals surface area contributed by atoms with Gasteiger partial charge < -0.3 is 10.2 Å². The largest absolute Gasteiger partial charge is 0.355 e. The summed E-state index contributed by atoms with van der Waals surface area (Å²) in [7, 11) is 0. The van der Waals surface area contributed by atoms with Crippen molar-refractivity contribution in [2.24, 2.45) is 0 Å². The molecule has 2 fully saturated rings. The Bertz CT molecular complexity index is 539. The average Bonchev–Trinajstić information content (AvgIpc) is 2.71. The highest BCUT2D eigenvalue weighted by Crippen LogP contribution is 2.22. The Morgan fingerprint density at radius 3 is 2.95 bits per heavy atom. The van der Waals surface area contributed by atoms with Crippen LogP contribution in [0.15, 0.2) is 18.2 Å². The van der Waals surface area contributed by atoms with Gasteiger partial charge in [-0.15, -0.1) is 0 Å². The van der Waals surface area contributed by atoms with Gasteiger partial charge in [0.2, 0.25) is 11.9 Å². The molecule has 1 N–H and O–H groups in total. The number of piperazine rings is 1. The van der Waals surface area contributed by atoms with Gasteiger partial charge in [-0.3, -0.25) is 9.69 Å². The molecular weight excluding hydrogens is 283 g/mol. The van der Waals surface area contributed by atoms with Gasteiger partial charge in [-0.1, -0.05) is 6.07 Å². The molecule has 3 rings (SSSR count). The molecule has 2 aliphatic heterocycles. The van der Waals surface area contributed by atoms with Gasteiger partial charge in [-0.05, 0) is 38.3 Å². The summed E-state index contributed by atoms with van der Waals surface area (Å²) in [5.74, 6) is 0.384. The van der Waals surface area contributed by atoms with E-state index in [-0.39, 0.29) is 18.0 Å². The van der Waals surface area contributed by atoms with Crippen LogP contribution in [-0.2, 0) is 4.79 Å². The van der Waals surface area contributed by atoms with E-state index in [1.807, 2.05) is 6.07 Å². The fraction of sp³-hybridized carbons (Fsp3) is 0.625. The van der Waals surface area contributed by atoms with Gasteiger partial charge >= 0.3 is 0 Å². The second kappa shape index (κ2) is 6.60. The second-order valence-electron chi connectivity index (χ2n) is 6.16. The molecular formula is C16H23FN4O. The minimum atomic E-state index is -0.449. The molecule has 2 atom stereocenters. The van der Waals surface area contributed by atoms with Crippen LogP contribution in [0.3, 0.4) is 0 Å². The normalized spacial score (nSPS) is 27.4. The highest BCUT2D eigenvalue weighted by Gasteiger charge is 2.33. The molecule has 1 aromatic rings. The van der Waals surface area contributed by atoms with Gasteiger partial charge in [0.25, 0.3) is 0 Å². The first kappa shape index (κ1) is 15.2. The van der Waals surface area contributed by atoms with Gasteiger partial charge in [0.15, 0.2) is 0 Å². The summed E-state index contributed by atoms with van der Waals surface area (Å²) >= 11 is 0. The van der Waals surface area contributed by atoms with E-state index in [0.717, 1.165) is 45.4 Å². The van der Waals surface area contributed by atoms with Crippen molar-refractivity contribution in [3.8, 4) is 0 Å². The third kappa shape index (κ3) is 3.21. The lowest BCUT2D eigenvalue weighted by Crippen LogP contribution is -2.58. The quantitative estimate of drug-likeness (QED) is 0.839. The minimum Gasteiger partial charge on any atom is -0.355 e. The summed E-state index contributed by atoms with van der Waals surface area (Å²) in [4.78, 5) is 20.5. The number of halogens is 1. The Balaban J connectivity index is 1.68. The molecule has 0 radical (unpaired) electrons. The molecule has 1 aromatic heterocycles. The van der Waals surface area contributed by atoms with Crippen molar-refractivity contribution in [3.05, 3.63) is 24.1 Å². The van der Waals surface area contributed by atoms with Gasteiger partial charge in [-0.25, -0.2) is 4.98 Å². The fourth-order valence-electron chi connectivity index (χ4n) is 3.44. The molecule has 120 valence electrons. The number of anilines is 1. The van der Waals surface area contributed by atoms with E-state index in [0.29, 0.717) is 5.82 Å². The van der Waals surface area contributed by atoms with Crippen molar-refractivity contribution >= 4 is 11.7 Å². The van der Waals surface area contributed by atoms with Gasteiger partial charge in [-0.2, -0.15) is 4.39 Å². The number of nitrogens with one attached hydrogen (secondary N) is 1. The first-order valence-corrected chi connectivity index (χ1v) is 8.06. The molecule has 6 heteroatoms. The molecule has 0 saturated carbocycles. The number of aromatic nitrogens is 1. The van der Waals surface area contributed by atoms with Gasteiger partial charge in [0, 0.05) is 32.2 Å². The van der Waals surface area contributed by atoms with Crippen molar-refractivity contribution in [1.82, 2.24) is 15.2 Å². The number of amides is 1. The Morgan fingerprint density at radius 1 is 1.32 bits per heavy atom. The standard InChI is InChI=1S/C16H23FN4O/c1-12-11-20(13-5-2-3-8-18-16(13)22)9-10-21(12)15-7-4-6-14(17)19-15/h4,6-7,12-13H,2-3,5,8-11H2,1H3,(H,18,22). The third-order valence-electron chi connectivity index (χ3n) is 4.60. The summed E-state index contributed by atoms with van der Waals surface area (Å²) in [5, 5.41) is 3.00. The van der Waals surface area contributed by atoms with Crippen LogP contribution in [0.2, 0.25) is 0 Å². The maximum Gasteiger partial charge on any atom is 0.237 e. The Kier molecular flexibility index (Phi) is 4.57. The van der Waals surface area contributed by atoms with Crippen molar-refractivity contribution in [2.45, 2.75) is 38.3 Å². The van der Waals surface area contributed by atoms with Crippen LogP contribution in [0.5, 0.6) is 0 Å². The van der Waals surface area contributed by atoms with Crippen molar-refractivity contribution in [3.63, 3.8) is 0 Å². The molecule has 2 unspecified atom stereocenters. The molecule has 0 spiro atoms. The van der Waals surface area contributed by atoms with E-state index >= 15 is 0 Å². The molecule has 2 saturated heterocycles. The summed E-state index contributed by atoms with van der Waals surface area (Å²) in [6.45, 7) is 5.27. The van der Waals surface area contributed by atoms with Crippen LogP contribution < -0.4 is 10.2 Å².